The normalized spacial score (nSPS) is 10.8. The number of ether oxygens (including phenoxy) is 2. The van der Waals surface area contributed by atoms with Gasteiger partial charge in [0.05, 0.1) is 32.4 Å². The van der Waals surface area contributed by atoms with Crippen LogP contribution in [-0.2, 0) is 4.74 Å². The number of aromatic nitrogens is 1. The number of aliphatic hydroxyl groups is 1. The minimum Gasteiger partial charge on any atom is -0.497 e. The topological polar surface area (TPSA) is 63.6 Å². The molecule has 0 aliphatic carbocycles. The van der Waals surface area contributed by atoms with Crippen molar-refractivity contribution in [3.8, 4) is 5.75 Å². The lowest BCUT2D eigenvalue weighted by Crippen LogP contribution is -2.11. The first-order valence-corrected chi connectivity index (χ1v) is 6.62. The highest BCUT2D eigenvalue weighted by Crippen LogP contribution is 2.27. The van der Waals surface area contributed by atoms with Crippen molar-refractivity contribution in [2.75, 3.05) is 38.8 Å². The van der Waals surface area contributed by atoms with Gasteiger partial charge in [-0.05, 0) is 31.2 Å². The highest BCUT2D eigenvalue weighted by atomic mass is 16.5. The van der Waals surface area contributed by atoms with Gasteiger partial charge in [0.1, 0.15) is 5.75 Å². The van der Waals surface area contributed by atoms with Crippen molar-refractivity contribution < 1.29 is 14.6 Å². The van der Waals surface area contributed by atoms with Gasteiger partial charge in [0, 0.05) is 23.3 Å². The van der Waals surface area contributed by atoms with Crippen LogP contribution in [0.5, 0.6) is 5.75 Å². The molecule has 0 unspecified atom stereocenters. The minimum atomic E-state index is 0.0501. The highest BCUT2D eigenvalue weighted by molar-refractivity contribution is 5.92. The number of benzene rings is 1. The molecule has 2 N–H and O–H groups in total. The monoisotopic (exact) mass is 276 g/mol. The Labute approximate surface area is 118 Å². The van der Waals surface area contributed by atoms with Crippen LogP contribution in [0.4, 0.5) is 5.69 Å². The largest absolute Gasteiger partial charge is 0.497 e. The van der Waals surface area contributed by atoms with Crippen LogP contribution >= 0.6 is 0 Å². The second-order valence-electron chi connectivity index (χ2n) is 4.46. The Morgan fingerprint density at radius 2 is 2.10 bits per heavy atom. The number of nitrogens with one attached hydrogen (secondary N) is 1. The van der Waals surface area contributed by atoms with E-state index in [1.165, 1.54) is 0 Å². The zero-order valence-electron chi connectivity index (χ0n) is 11.8. The summed E-state index contributed by atoms with van der Waals surface area (Å²) in [7, 11) is 1.65. The van der Waals surface area contributed by atoms with E-state index in [1.54, 1.807) is 7.11 Å². The molecule has 108 valence electrons. The molecule has 0 radical (unpaired) electrons. The molecule has 5 heteroatoms. The lowest BCUT2D eigenvalue weighted by molar-refractivity contribution is 0.0992. The van der Waals surface area contributed by atoms with Crippen LogP contribution in [0.1, 0.15) is 5.69 Å². The SMILES string of the molecule is COc1ccc2nc(C)cc(NCCOCCO)c2c1. The Morgan fingerprint density at radius 3 is 2.85 bits per heavy atom. The Kier molecular flexibility index (Phi) is 5.15. The maximum atomic E-state index is 8.65. The number of pyridine rings is 1. The van der Waals surface area contributed by atoms with Crippen LogP contribution < -0.4 is 10.1 Å². The van der Waals surface area contributed by atoms with Crippen molar-refractivity contribution in [3.05, 3.63) is 30.0 Å². The molecule has 1 aromatic heterocycles. The summed E-state index contributed by atoms with van der Waals surface area (Å²) in [6.45, 7) is 3.61. The van der Waals surface area contributed by atoms with Gasteiger partial charge in [-0.15, -0.1) is 0 Å². The summed E-state index contributed by atoms with van der Waals surface area (Å²) in [4.78, 5) is 4.51. The molecule has 0 amide bonds. The van der Waals surface area contributed by atoms with Gasteiger partial charge < -0.3 is 19.9 Å². The van der Waals surface area contributed by atoms with Crippen LogP contribution in [0.2, 0.25) is 0 Å². The van der Waals surface area contributed by atoms with E-state index in [2.05, 4.69) is 10.3 Å². The van der Waals surface area contributed by atoms with Gasteiger partial charge in [-0.2, -0.15) is 0 Å². The van der Waals surface area contributed by atoms with E-state index in [9.17, 15) is 0 Å². The molecular formula is C15H20N2O3. The van der Waals surface area contributed by atoms with Crippen molar-refractivity contribution >= 4 is 16.6 Å². The zero-order chi connectivity index (χ0) is 14.4. The molecule has 0 aliphatic rings. The number of methoxy groups -OCH3 is 1. The van der Waals surface area contributed by atoms with Gasteiger partial charge in [-0.1, -0.05) is 0 Å². The summed E-state index contributed by atoms with van der Waals surface area (Å²) in [5.41, 5.74) is 2.91. The predicted molar refractivity (Wildman–Crippen MR) is 79.4 cm³/mol. The molecule has 0 bridgehead atoms. The molecule has 0 fully saturated rings. The molecule has 0 atom stereocenters. The van der Waals surface area contributed by atoms with E-state index in [0.29, 0.717) is 19.8 Å². The van der Waals surface area contributed by atoms with E-state index in [1.807, 2.05) is 31.2 Å². The maximum absolute atomic E-state index is 8.65. The van der Waals surface area contributed by atoms with Gasteiger partial charge in [0.2, 0.25) is 0 Å². The quantitative estimate of drug-likeness (QED) is 0.757. The molecular weight excluding hydrogens is 256 g/mol. The predicted octanol–water partition coefficient (Wildman–Crippen LogP) is 1.97. The second-order valence-corrected chi connectivity index (χ2v) is 4.46. The second kappa shape index (κ2) is 7.07. The average Bonchev–Trinajstić information content (AvgIpc) is 2.46. The van der Waals surface area contributed by atoms with Crippen LogP contribution in [0.15, 0.2) is 24.3 Å². The highest BCUT2D eigenvalue weighted by Gasteiger charge is 2.05. The smallest absolute Gasteiger partial charge is 0.119 e. The number of aryl methyl sites for hydroxylation is 1. The van der Waals surface area contributed by atoms with Gasteiger partial charge >= 0.3 is 0 Å². The number of nitrogens with zero attached hydrogens (tertiary/aromatic N) is 1. The van der Waals surface area contributed by atoms with Gasteiger partial charge in [-0.3, -0.25) is 4.98 Å². The summed E-state index contributed by atoms with van der Waals surface area (Å²) >= 11 is 0. The first-order valence-electron chi connectivity index (χ1n) is 6.62. The van der Waals surface area contributed by atoms with Gasteiger partial charge in [-0.25, -0.2) is 0 Å². The lowest BCUT2D eigenvalue weighted by atomic mass is 10.1. The number of fused-ring (bicyclic) bond motifs is 1. The molecule has 1 aromatic carbocycles. The molecule has 0 spiro atoms. The van der Waals surface area contributed by atoms with Crippen LogP contribution in [-0.4, -0.2) is 43.6 Å². The maximum Gasteiger partial charge on any atom is 0.119 e. The average molecular weight is 276 g/mol. The van der Waals surface area contributed by atoms with Crippen molar-refractivity contribution in [1.29, 1.82) is 0 Å². The van der Waals surface area contributed by atoms with Crippen molar-refractivity contribution in [1.82, 2.24) is 4.98 Å². The molecule has 20 heavy (non-hydrogen) atoms. The van der Waals surface area contributed by atoms with Crippen molar-refractivity contribution in [2.45, 2.75) is 6.92 Å². The summed E-state index contributed by atoms with van der Waals surface area (Å²) < 4.78 is 10.5. The molecule has 5 nitrogen and oxygen atoms in total. The molecule has 2 aromatic rings. The minimum absolute atomic E-state index is 0.0501. The van der Waals surface area contributed by atoms with E-state index < -0.39 is 0 Å². The fourth-order valence-corrected chi connectivity index (χ4v) is 2.03. The summed E-state index contributed by atoms with van der Waals surface area (Å²) in [5.74, 6) is 0.808. The fourth-order valence-electron chi connectivity index (χ4n) is 2.03. The Bertz CT molecular complexity index is 572. The van der Waals surface area contributed by atoms with Crippen molar-refractivity contribution in [3.63, 3.8) is 0 Å². The molecule has 0 saturated heterocycles. The third kappa shape index (κ3) is 3.59. The standard InChI is InChI=1S/C15H20N2O3/c1-11-9-15(16-5-7-20-8-6-18)13-10-12(19-2)3-4-14(13)17-11/h3-4,9-10,18H,5-8H2,1-2H3,(H,16,17). The van der Waals surface area contributed by atoms with Crippen molar-refractivity contribution in [2.24, 2.45) is 0 Å². The molecule has 0 saturated carbocycles. The van der Waals surface area contributed by atoms with E-state index in [4.69, 9.17) is 14.6 Å². The Balaban J connectivity index is 2.17. The first kappa shape index (κ1) is 14.6. The number of aliphatic hydroxyl groups excluding tert-OH is 1. The van der Waals surface area contributed by atoms with Crippen LogP contribution in [0.25, 0.3) is 10.9 Å². The first-order chi connectivity index (χ1) is 9.74. The number of anilines is 1. The van der Waals surface area contributed by atoms with Gasteiger partial charge in [0.15, 0.2) is 0 Å². The summed E-state index contributed by atoms with van der Waals surface area (Å²) in [5, 5.41) is 13.0. The number of hydrogen-bond acceptors (Lipinski definition) is 5. The number of hydrogen-bond donors (Lipinski definition) is 2. The molecule has 0 aliphatic heterocycles. The lowest BCUT2D eigenvalue weighted by Gasteiger charge is -2.12. The fraction of sp³-hybridized carbons (Fsp3) is 0.400. The van der Waals surface area contributed by atoms with Crippen LogP contribution in [0, 0.1) is 6.92 Å². The third-order valence-electron chi connectivity index (χ3n) is 2.94. The van der Waals surface area contributed by atoms with E-state index >= 15 is 0 Å². The Hall–Kier alpha value is -1.85. The number of rotatable bonds is 7. The van der Waals surface area contributed by atoms with Gasteiger partial charge in [0.25, 0.3) is 0 Å². The third-order valence-corrected chi connectivity index (χ3v) is 2.94. The van der Waals surface area contributed by atoms with Crippen LogP contribution in [0.3, 0.4) is 0 Å². The molecule has 2 rings (SSSR count). The molecule has 1 heterocycles. The summed E-state index contributed by atoms with van der Waals surface area (Å²) in [6.07, 6.45) is 0. The van der Waals surface area contributed by atoms with E-state index in [0.717, 1.165) is 28.0 Å². The summed E-state index contributed by atoms with van der Waals surface area (Å²) in [6, 6.07) is 7.84. The Morgan fingerprint density at radius 1 is 1.25 bits per heavy atom. The van der Waals surface area contributed by atoms with E-state index in [-0.39, 0.29) is 6.61 Å². The zero-order valence-corrected chi connectivity index (χ0v) is 11.8.